The van der Waals surface area contributed by atoms with Crippen LogP contribution in [0.2, 0.25) is 0 Å². The van der Waals surface area contributed by atoms with Gasteiger partial charge in [0.2, 0.25) is 5.95 Å². The maximum absolute atomic E-state index is 12.8. The average molecular weight is 432 g/mol. The summed E-state index contributed by atoms with van der Waals surface area (Å²) in [6, 6.07) is 17.0. The molecule has 7 nitrogen and oxygen atoms in total. The van der Waals surface area contributed by atoms with E-state index in [1.807, 2.05) is 4.57 Å². The number of anilines is 1. The van der Waals surface area contributed by atoms with Gasteiger partial charge in [0.25, 0.3) is 5.56 Å². The predicted molar refractivity (Wildman–Crippen MR) is 129 cm³/mol. The summed E-state index contributed by atoms with van der Waals surface area (Å²) >= 11 is 0. The van der Waals surface area contributed by atoms with Crippen molar-refractivity contribution in [1.29, 1.82) is 0 Å². The molecule has 0 bridgehead atoms. The molecule has 32 heavy (non-hydrogen) atoms. The maximum atomic E-state index is 12.8. The quantitative estimate of drug-likeness (QED) is 0.508. The van der Waals surface area contributed by atoms with Crippen LogP contribution in [-0.4, -0.2) is 25.7 Å². The van der Waals surface area contributed by atoms with Crippen LogP contribution in [0, 0.1) is 5.92 Å². The number of hydrogen-bond acceptors (Lipinski definition) is 4. The summed E-state index contributed by atoms with van der Waals surface area (Å²) in [6.07, 6.45) is 1.08. The van der Waals surface area contributed by atoms with Crippen molar-refractivity contribution in [1.82, 2.24) is 18.7 Å². The van der Waals surface area contributed by atoms with Crippen LogP contribution in [-0.2, 0) is 27.1 Å². The van der Waals surface area contributed by atoms with Gasteiger partial charge in [-0.05, 0) is 34.6 Å². The van der Waals surface area contributed by atoms with Gasteiger partial charge >= 0.3 is 5.69 Å². The lowest BCUT2D eigenvalue weighted by Gasteiger charge is -2.11. The molecule has 2 heterocycles. The minimum absolute atomic E-state index is 0.352. The molecule has 0 amide bonds. The molecule has 0 saturated heterocycles. The molecule has 0 aliphatic rings. The summed E-state index contributed by atoms with van der Waals surface area (Å²) in [7, 11) is 4.87. The highest BCUT2D eigenvalue weighted by Gasteiger charge is 2.18. The minimum Gasteiger partial charge on any atom is -0.359 e. The molecule has 0 saturated carbocycles. The molecule has 2 aromatic carbocycles. The highest BCUT2D eigenvalue weighted by atomic mass is 16.2. The van der Waals surface area contributed by atoms with Crippen molar-refractivity contribution in [3.63, 3.8) is 0 Å². The Bertz CT molecular complexity index is 1370. The Kier molecular flexibility index (Phi) is 5.74. The second-order valence-corrected chi connectivity index (χ2v) is 8.64. The van der Waals surface area contributed by atoms with Gasteiger partial charge in [0, 0.05) is 21.1 Å². The van der Waals surface area contributed by atoms with Gasteiger partial charge in [0.05, 0.1) is 6.54 Å². The third-order valence-corrected chi connectivity index (χ3v) is 5.80. The Balaban J connectivity index is 1.67. The standard InChI is InChI=1S/C25H29N5O2/c1-16(2)14-17-6-10-19(11-7-17)20-12-8-18(9-13-20)15-30-21-22(27-24(30)26-3)28(4)25(32)29(5)23(21)31/h6-13,16H,14-15H2,1-5H3,(H,26,27). The average Bonchev–Trinajstić information content (AvgIpc) is 3.15. The maximum Gasteiger partial charge on any atom is 0.332 e. The van der Waals surface area contributed by atoms with E-state index in [-0.39, 0.29) is 5.56 Å². The van der Waals surface area contributed by atoms with E-state index in [0.29, 0.717) is 29.6 Å². The Morgan fingerprint density at radius 2 is 1.44 bits per heavy atom. The first-order valence-electron chi connectivity index (χ1n) is 10.8. The Morgan fingerprint density at radius 1 is 0.875 bits per heavy atom. The number of aromatic nitrogens is 4. The third-order valence-electron chi connectivity index (χ3n) is 5.80. The van der Waals surface area contributed by atoms with Crippen molar-refractivity contribution < 1.29 is 0 Å². The lowest BCUT2D eigenvalue weighted by atomic mass is 9.98. The fourth-order valence-corrected chi connectivity index (χ4v) is 4.08. The van der Waals surface area contributed by atoms with E-state index in [1.165, 1.54) is 22.7 Å². The topological polar surface area (TPSA) is 73.8 Å². The molecular formula is C25H29N5O2. The van der Waals surface area contributed by atoms with Crippen LogP contribution in [0.4, 0.5) is 5.95 Å². The summed E-state index contributed by atoms with van der Waals surface area (Å²) in [6.45, 7) is 4.92. The fraction of sp³-hybridized carbons (Fsp3) is 0.320. The SMILES string of the molecule is CNc1nc2c(c(=O)n(C)c(=O)n2C)n1Cc1ccc(-c2ccc(CC(C)C)cc2)cc1. The van der Waals surface area contributed by atoms with E-state index >= 15 is 0 Å². The number of fused-ring (bicyclic) bond motifs is 1. The summed E-state index contributed by atoms with van der Waals surface area (Å²) in [5, 5.41) is 3.04. The van der Waals surface area contributed by atoms with E-state index in [9.17, 15) is 9.59 Å². The van der Waals surface area contributed by atoms with Crippen LogP contribution >= 0.6 is 0 Å². The zero-order chi connectivity index (χ0) is 23.0. The van der Waals surface area contributed by atoms with E-state index in [2.05, 4.69) is 72.7 Å². The first-order valence-corrected chi connectivity index (χ1v) is 10.8. The molecule has 0 spiro atoms. The highest BCUT2D eigenvalue weighted by molar-refractivity contribution is 5.74. The Hall–Kier alpha value is -3.61. The van der Waals surface area contributed by atoms with Crippen LogP contribution in [0.25, 0.3) is 22.3 Å². The molecule has 0 aliphatic carbocycles. The van der Waals surface area contributed by atoms with E-state index in [0.717, 1.165) is 22.1 Å². The summed E-state index contributed by atoms with van der Waals surface area (Å²) in [5.41, 5.74) is 4.75. The summed E-state index contributed by atoms with van der Waals surface area (Å²) < 4.78 is 4.35. The second-order valence-electron chi connectivity index (χ2n) is 8.64. The molecule has 7 heteroatoms. The third kappa shape index (κ3) is 3.86. The zero-order valence-corrected chi connectivity index (χ0v) is 19.2. The van der Waals surface area contributed by atoms with Crippen LogP contribution in [0.3, 0.4) is 0 Å². The highest BCUT2D eigenvalue weighted by Crippen LogP contribution is 2.23. The van der Waals surface area contributed by atoms with Crippen LogP contribution in [0.5, 0.6) is 0 Å². The number of nitrogens with zero attached hydrogens (tertiary/aromatic N) is 4. The van der Waals surface area contributed by atoms with Gasteiger partial charge < -0.3 is 5.32 Å². The monoisotopic (exact) mass is 431 g/mol. The molecule has 1 N–H and O–H groups in total. The Labute approximate surface area is 187 Å². The lowest BCUT2D eigenvalue weighted by molar-refractivity contribution is 0.647. The smallest absolute Gasteiger partial charge is 0.332 e. The van der Waals surface area contributed by atoms with Crippen LogP contribution in [0.15, 0.2) is 58.1 Å². The van der Waals surface area contributed by atoms with Gasteiger partial charge in [0.15, 0.2) is 11.2 Å². The predicted octanol–water partition coefficient (Wildman–Crippen LogP) is 3.39. The molecule has 166 valence electrons. The van der Waals surface area contributed by atoms with Gasteiger partial charge in [-0.3, -0.25) is 18.5 Å². The van der Waals surface area contributed by atoms with Gasteiger partial charge in [0.1, 0.15) is 0 Å². The molecule has 4 aromatic rings. The molecular weight excluding hydrogens is 402 g/mol. The van der Waals surface area contributed by atoms with Gasteiger partial charge in [-0.25, -0.2) is 4.79 Å². The molecule has 4 rings (SSSR count). The molecule has 2 aromatic heterocycles. The van der Waals surface area contributed by atoms with Crippen molar-refractivity contribution in [3.8, 4) is 11.1 Å². The van der Waals surface area contributed by atoms with Crippen molar-refractivity contribution in [2.75, 3.05) is 12.4 Å². The summed E-state index contributed by atoms with van der Waals surface area (Å²) in [5.74, 6) is 1.18. The number of hydrogen-bond donors (Lipinski definition) is 1. The Morgan fingerprint density at radius 3 is 1.97 bits per heavy atom. The normalized spacial score (nSPS) is 11.4. The second kappa shape index (κ2) is 8.49. The van der Waals surface area contributed by atoms with Gasteiger partial charge in [-0.15, -0.1) is 0 Å². The van der Waals surface area contributed by atoms with Gasteiger partial charge in [-0.2, -0.15) is 4.98 Å². The molecule has 0 aliphatic heterocycles. The van der Waals surface area contributed by atoms with Crippen molar-refractivity contribution in [2.24, 2.45) is 20.0 Å². The lowest BCUT2D eigenvalue weighted by Crippen LogP contribution is -2.37. The minimum atomic E-state index is -0.390. The number of rotatable bonds is 6. The number of nitrogens with one attached hydrogen (secondary N) is 1. The number of aryl methyl sites for hydroxylation is 1. The molecule has 0 atom stereocenters. The molecule has 0 unspecified atom stereocenters. The fourth-order valence-electron chi connectivity index (χ4n) is 4.08. The number of imidazole rings is 1. The first kappa shape index (κ1) is 21.6. The molecule has 0 radical (unpaired) electrons. The summed E-state index contributed by atoms with van der Waals surface area (Å²) in [4.78, 5) is 29.6. The molecule has 0 fully saturated rings. The van der Waals surface area contributed by atoms with Crippen molar-refractivity contribution in [3.05, 3.63) is 80.5 Å². The van der Waals surface area contributed by atoms with E-state index < -0.39 is 5.69 Å². The first-order chi connectivity index (χ1) is 15.3. The van der Waals surface area contributed by atoms with E-state index in [4.69, 9.17) is 0 Å². The van der Waals surface area contributed by atoms with Crippen molar-refractivity contribution >= 4 is 17.1 Å². The van der Waals surface area contributed by atoms with Gasteiger partial charge in [-0.1, -0.05) is 62.4 Å². The van der Waals surface area contributed by atoms with E-state index in [1.54, 1.807) is 14.1 Å². The van der Waals surface area contributed by atoms with Crippen molar-refractivity contribution in [2.45, 2.75) is 26.8 Å². The van der Waals surface area contributed by atoms with Crippen LogP contribution < -0.4 is 16.6 Å². The zero-order valence-electron chi connectivity index (χ0n) is 19.2. The largest absolute Gasteiger partial charge is 0.359 e. The van der Waals surface area contributed by atoms with Crippen LogP contribution in [0.1, 0.15) is 25.0 Å². The number of benzene rings is 2.